The summed E-state index contributed by atoms with van der Waals surface area (Å²) in [6.07, 6.45) is 0.920. The lowest BCUT2D eigenvalue weighted by Gasteiger charge is -2.09. The Labute approximate surface area is 123 Å². The number of aryl methyl sites for hydroxylation is 1. The molecule has 1 atom stereocenters. The van der Waals surface area contributed by atoms with Crippen LogP contribution in [-0.2, 0) is 6.42 Å². The zero-order valence-electron chi connectivity index (χ0n) is 11.7. The summed E-state index contributed by atoms with van der Waals surface area (Å²) in [5.41, 5.74) is 2.35. The molecule has 3 heteroatoms. The average molecular weight is 322 g/mol. The first kappa shape index (κ1) is 14.4. The van der Waals surface area contributed by atoms with Gasteiger partial charge in [0, 0.05) is 22.5 Å². The molecular formula is C16H20BrNO. The third-order valence-electron chi connectivity index (χ3n) is 3.16. The van der Waals surface area contributed by atoms with Gasteiger partial charge < -0.3 is 9.73 Å². The minimum absolute atomic E-state index is 0.440. The minimum atomic E-state index is 0.440. The van der Waals surface area contributed by atoms with Gasteiger partial charge in [-0.2, -0.15) is 0 Å². The molecule has 0 saturated carbocycles. The van der Waals surface area contributed by atoms with Gasteiger partial charge >= 0.3 is 0 Å². The molecule has 0 saturated heterocycles. The lowest BCUT2D eigenvalue weighted by atomic mass is 10.1. The van der Waals surface area contributed by atoms with Crippen molar-refractivity contribution < 1.29 is 4.42 Å². The van der Waals surface area contributed by atoms with E-state index in [1.54, 1.807) is 0 Å². The van der Waals surface area contributed by atoms with E-state index in [1.807, 2.05) is 0 Å². The Morgan fingerprint density at radius 1 is 1.26 bits per heavy atom. The highest BCUT2D eigenvalue weighted by Crippen LogP contribution is 2.26. The molecule has 102 valence electrons. The lowest BCUT2D eigenvalue weighted by molar-refractivity contribution is 0.470. The van der Waals surface area contributed by atoms with Crippen LogP contribution in [0.1, 0.15) is 25.2 Å². The number of halogens is 1. The van der Waals surface area contributed by atoms with Crippen LogP contribution >= 0.6 is 15.9 Å². The fourth-order valence-corrected chi connectivity index (χ4v) is 2.41. The second kappa shape index (κ2) is 6.40. The molecule has 0 aliphatic heterocycles. The highest BCUT2D eigenvalue weighted by molar-refractivity contribution is 9.10. The predicted octanol–water partition coefficient (Wildman–Crippen LogP) is 4.56. The van der Waals surface area contributed by atoms with Gasteiger partial charge in [0.2, 0.25) is 0 Å². The van der Waals surface area contributed by atoms with Gasteiger partial charge in [0.25, 0.3) is 0 Å². The van der Waals surface area contributed by atoms with Crippen LogP contribution in [0.2, 0.25) is 0 Å². The maximum absolute atomic E-state index is 5.93. The van der Waals surface area contributed by atoms with Crippen molar-refractivity contribution in [1.82, 2.24) is 5.32 Å². The van der Waals surface area contributed by atoms with Crippen molar-refractivity contribution in [1.29, 1.82) is 0 Å². The third-order valence-corrected chi connectivity index (χ3v) is 4.05. The minimum Gasteiger partial charge on any atom is -0.461 e. The molecule has 1 heterocycles. The van der Waals surface area contributed by atoms with Gasteiger partial charge in [-0.1, -0.05) is 28.9 Å². The van der Waals surface area contributed by atoms with Gasteiger partial charge in [0.1, 0.15) is 11.5 Å². The zero-order chi connectivity index (χ0) is 13.8. The molecule has 2 rings (SSSR count). The van der Waals surface area contributed by atoms with E-state index in [9.17, 15) is 0 Å². The Balaban J connectivity index is 2.14. The lowest BCUT2D eigenvalue weighted by Crippen LogP contribution is -2.27. The summed E-state index contributed by atoms with van der Waals surface area (Å²) in [5.74, 6) is 1.97. The van der Waals surface area contributed by atoms with Gasteiger partial charge in [-0.15, -0.1) is 0 Å². The number of hydrogen-bond donors (Lipinski definition) is 1. The van der Waals surface area contributed by atoms with Crippen LogP contribution in [0.3, 0.4) is 0 Å². The summed E-state index contributed by atoms with van der Waals surface area (Å²) < 4.78 is 7.05. The molecule has 0 fully saturated rings. The maximum Gasteiger partial charge on any atom is 0.134 e. The van der Waals surface area contributed by atoms with Crippen molar-refractivity contribution >= 4 is 15.9 Å². The summed E-state index contributed by atoms with van der Waals surface area (Å²) in [5, 5.41) is 3.39. The largest absolute Gasteiger partial charge is 0.461 e. The monoisotopic (exact) mass is 321 g/mol. The Morgan fingerprint density at radius 3 is 2.74 bits per heavy atom. The normalized spacial score (nSPS) is 12.6. The van der Waals surface area contributed by atoms with E-state index in [0.29, 0.717) is 6.04 Å². The zero-order valence-corrected chi connectivity index (χ0v) is 13.3. The summed E-state index contributed by atoms with van der Waals surface area (Å²) in [6.45, 7) is 7.37. The van der Waals surface area contributed by atoms with Gasteiger partial charge in [-0.05, 0) is 50.2 Å². The van der Waals surface area contributed by atoms with Gasteiger partial charge in [0.15, 0.2) is 0 Å². The molecule has 0 radical (unpaired) electrons. The van der Waals surface area contributed by atoms with Crippen LogP contribution in [0.4, 0.5) is 0 Å². The Hall–Kier alpha value is -1.06. The van der Waals surface area contributed by atoms with E-state index in [1.165, 1.54) is 5.56 Å². The summed E-state index contributed by atoms with van der Waals surface area (Å²) >= 11 is 3.52. The first-order valence-electron chi connectivity index (χ1n) is 6.68. The van der Waals surface area contributed by atoms with Crippen LogP contribution in [0.5, 0.6) is 0 Å². The van der Waals surface area contributed by atoms with E-state index in [2.05, 4.69) is 72.3 Å². The smallest absolute Gasteiger partial charge is 0.134 e. The Morgan fingerprint density at radius 2 is 2.05 bits per heavy atom. The summed E-state index contributed by atoms with van der Waals surface area (Å²) in [7, 11) is 0. The maximum atomic E-state index is 5.93. The van der Waals surface area contributed by atoms with Crippen molar-refractivity contribution in [2.24, 2.45) is 0 Å². The van der Waals surface area contributed by atoms with E-state index in [0.717, 1.165) is 34.5 Å². The molecule has 2 nitrogen and oxygen atoms in total. The van der Waals surface area contributed by atoms with Crippen molar-refractivity contribution in [3.63, 3.8) is 0 Å². The highest BCUT2D eigenvalue weighted by atomic mass is 79.9. The average Bonchev–Trinajstić information content (AvgIpc) is 2.81. The SMILES string of the molecule is CCNC(C)Cc1ccc(-c2ccc(Br)c(C)c2)o1. The van der Waals surface area contributed by atoms with Crippen LogP contribution < -0.4 is 5.32 Å². The number of rotatable bonds is 5. The van der Waals surface area contributed by atoms with Crippen LogP contribution in [0.15, 0.2) is 39.2 Å². The van der Waals surface area contributed by atoms with E-state index in [-0.39, 0.29) is 0 Å². The summed E-state index contributed by atoms with van der Waals surface area (Å²) in [6, 6.07) is 10.8. The fourth-order valence-electron chi connectivity index (χ4n) is 2.16. The van der Waals surface area contributed by atoms with Crippen LogP contribution in [-0.4, -0.2) is 12.6 Å². The topological polar surface area (TPSA) is 25.2 Å². The fraction of sp³-hybridized carbons (Fsp3) is 0.375. The molecule has 1 aromatic heterocycles. The molecule has 1 aromatic carbocycles. The van der Waals surface area contributed by atoms with E-state index < -0.39 is 0 Å². The molecular weight excluding hydrogens is 302 g/mol. The molecule has 0 amide bonds. The molecule has 0 aliphatic rings. The first-order chi connectivity index (χ1) is 9.10. The van der Waals surface area contributed by atoms with E-state index in [4.69, 9.17) is 4.42 Å². The number of furan rings is 1. The molecule has 1 N–H and O–H groups in total. The molecule has 2 aromatic rings. The standard InChI is InChI=1S/C16H20BrNO/c1-4-18-12(3)10-14-6-8-16(19-14)13-5-7-15(17)11(2)9-13/h5-9,12,18H,4,10H2,1-3H3. The molecule has 0 spiro atoms. The number of likely N-dealkylation sites (N-methyl/N-ethyl adjacent to an activating group) is 1. The summed E-state index contributed by atoms with van der Waals surface area (Å²) in [4.78, 5) is 0. The highest BCUT2D eigenvalue weighted by Gasteiger charge is 2.09. The van der Waals surface area contributed by atoms with Crippen LogP contribution in [0.25, 0.3) is 11.3 Å². The number of benzene rings is 1. The quantitative estimate of drug-likeness (QED) is 0.873. The second-order valence-corrected chi connectivity index (χ2v) is 5.75. The van der Waals surface area contributed by atoms with Gasteiger partial charge in [0.05, 0.1) is 0 Å². The van der Waals surface area contributed by atoms with Crippen molar-refractivity contribution in [3.8, 4) is 11.3 Å². The molecule has 0 bridgehead atoms. The van der Waals surface area contributed by atoms with E-state index >= 15 is 0 Å². The Bertz CT molecular complexity index is 547. The van der Waals surface area contributed by atoms with Crippen molar-refractivity contribution in [2.75, 3.05) is 6.54 Å². The Kier molecular flexibility index (Phi) is 4.83. The number of hydrogen-bond acceptors (Lipinski definition) is 2. The van der Waals surface area contributed by atoms with Gasteiger partial charge in [-0.3, -0.25) is 0 Å². The molecule has 1 unspecified atom stereocenters. The van der Waals surface area contributed by atoms with Crippen LogP contribution in [0, 0.1) is 6.92 Å². The van der Waals surface area contributed by atoms with Gasteiger partial charge in [-0.25, -0.2) is 0 Å². The first-order valence-corrected chi connectivity index (χ1v) is 7.48. The predicted molar refractivity (Wildman–Crippen MR) is 83.4 cm³/mol. The number of nitrogens with one attached hydrogen (secondary N) is 1. The molecule has 19 heavy (non-hydrogen) atoms. The third kappa shape index (κ3) is 3.71. The molecule has 0 aliphatic carbocycles. The van der Waals surface area contributed by atoms with Crippen molar-refractivity contribution in [2.45, 2.75) is 33.2 Å². The second-order valence-electron chi connectivity index (χ2n) is 4.89. The van der Waals surface area contributed by atoms with Crippen molar-refractivity contribution in [3.05, 3.63) is 46.1 Å².